The van der Waals surface area contributed by atoms with Crippen LogP contribution in [0.15, 0.2) is 53.7 Å². The van der Waals surface area contributed by atoms with Crippen molar-refractivity contribution in [2.75, 3.05) is 0 Å². The van der Waals surface area contributed by atoms with E-state index in [4.69, 9.17) is 0 Å². The Morgan fingerprint density at radius 1 is 1.06 bits per heavy atom. The summed E-state index contributed by atoms with van der Waals surface area (Å²) >= 11 is 0. The summed E-state index contributed by atoms with van der Waals surface area (Å²) in [7, 11) is 0. The third kappa shape index (κ3) is 1.69. The lowest BCUT2D eigenvalue weighted by molar-refractivity contribution is 1.11. The van der Waals surface area contributed by atoms with Gasteiger partial charge in [0, 0.05) is 11.6 Å². The van der Waals surface area contributed by atoms with Gasteiger partial charge in [0.2, 0.25) is 0 Å². The standard InChI is InChI=1S/C13H9N3O/c17-13-10(7-14-8-15-13)12-6-5-9-3-1-2-4-11(9)16-12/h1-8H,(H,14,15,17). The molecular formula is C13H9N3O. The minimum atomic E-state index is -0.178. The highest BCUT2D eigenvalue weighted by Crippen LogP contribution is 2.17. The normalized spacial score (nSPS) is 10.6. The van der Waals surface area contributed by atoms with E-state index in [9.17, 15) is 4.79 Å². The molecule has 3 aromatic rings. The number of hydrogen-bond acceptors (Lipinski definition) is 3. The van der Waals surface area contributed by atoms with Crippen molar-refractivity contribution in [1.82, 2.24) is 15.0 Å². The fourth-order valence-electron chi connectivity index (χ4n) is 1.74. The molecule has 4 nitrogen and oxygen atoms in total. The summed E-state index contributed by atoms with van der Waals surface area (Å²) in [4.78, 5) is 22.5. The van der Waals surface area contributed by atoms with Crippen molar-refractivity contribution in [1.29, 1.82) is 0 Å². The topological polar surface area (TPSA) is 58.6 Å². The monoisotopic (exact) mass is 223 g/mol. The Labute approximate surface area is 97.0 Å². The van der Waals surface area contributed by atoms with Crippen LogP contribution in [0.5, 0.6) is 0 Å². The number of H-pyrrole nitrogens is 1. The Kier molecular flexibility index (Phi) is 2.19. The van der Waals surface area contributed by atoms with Crippen molar-refractivity contribution in [3.05, 3.63) is 59.3 Å². The van der Waals surface area contributed by atoms with Crippen LogP contribution >= 0.6 is 0 Å². The molecule has 0 atom stereocenters. The van der Waals surface area contributed by atoms with Gasteiger partial charge in [0.1, 0.15) is 0 Å². The van der Waals surface area contributed by atoms with Gasteiger partial charge < -0.3 is 4.98 Å². The summed E-state index contributed by atoms with van der Waals surface area (Å²) in [6, 6.07) is 11.6. The molecule has 0 saturated carbocycles. The van der Waals surface area contributed by atoms with E-state index in [-0.39, 0.29) is 5.56 Å². The molecule has 2 heterocycles. The summed E-state index contributed by atoms with van der Waals surface area (Å²) < 4.78 is 0. The molecule has 0 spiro atoms. The maximum atomic E-state index is 11.6. The largest absolute Gasteiger partial charge is 0.313 e. The Hall–Kier alpha value is -2.49. The van der Waals surface area contributed by atoms with Gasteiger partial charge in [0.25, 0.3) is 5.56 Å². The Morgan fingerprint density at radius 3 is 2.82 bits per heavy atom. The van der Waals surface area contributed by atoms with Gasteiger partial charge in [-0.2, -0.15) is 0 Å². The van der Waals surface area contributed by atoms with Crippen LogP contribution < -0.4 is 5.56 Å². The zero-order chi connectivity index (χ0) is 11.7. The van der Waals surface area contributed by atoms with Crippen molar-refractivity contribution in [3.63, 3.8) is 0 Å². The van der Waals surface area contributed by atoms with Gasteiger partial charge >= 0.3 is 0 Å². The molecule has 2 aromatic heterocycles. The van der Waals surface area contributed by atoms with Crippen molar-refractivity contribution in [2.45, 2.75) is 0 Å². The molecule has 0 aliphatic carbocycles. The summed E-state index contributed by atoms with van der Waals surface area (Å²) in [5, 5.41) is 1.05. The number of rotatable bonds is 1. The second kappa shape index (κ2) is 3.83. The fraction of sp³-hybridized carbons (Fsp3) is 0. The average molecular weight is 223 g/mol. The third-order valence-electron chi connectivity index (χ3n) is 2.59. The lowest BCUT2D eigenvalue weighted by Crippen LogP contribution is -2.09. The predicted octanol–water partition coefficient (Wildman–Crippen LogP) is 1.99. The Balaban J connectivity index is 2.25. The molecule has 0 fully saturated rings. The molecule has 4 heteroatoms. The second-order valence-electron chi connectivity index (χ2n) is 3.68. The molecule has 0 bridgehead atoms. The van der Waals surface area contributed by atoms with Gasteiger partial charge in [0.05, 0.1) is 23.1 Å². The molecular weight excluding hydrogens is 214 g/mol. The third-order valence-corrected chi connectivity index (χ3v) is 2.59. The van der Waals surface area contributed by atoms with Crippen molar-refractivity contribution >= 4 is 10.9 Å². The first-order valence-corrected chi connectivity index (χ1v) is 5.23. The Bertz CT molecular complexity index is 734. The van der Waals surface area contributed by atoms with Crippen LogP contribution in [0.3, 0.4) is 0 Å². The molecule has 0 radical (unpaired) electrons. The molecule has 3 rings (SSSR count). The van der Waals surface area contributed by atoms with Crippen LogP contribution in [-0.4, -0.2) is 15.0 Å². The lowest BCUT2D eigenvalue weighted by atomic mass is 10.1. The van der Waals surface area contributed by atoms with Crippen LogP contribution in [-0.2, 0) is 0 Å². The van der Waals surface area contributed by atoms with Crippen LogP contribution in [0.4, 0.5) is 0 Å². The van der Waals surface area contributed by atoms with Gasteiger partial charge in [-0.05, 0) is 12.1 Å². The fourth-order valence-corrected chi connectivity index (χ4v) is 1.74. The zero-order valence-corrected chi connectivity index (χ0v) is 8.92. The van der Waals surface area contributed by atoms with Crippen molar-refractivity contribution in [3.8, 4) is 11.3 Å². The molecule has 1 aromatic carbocycles. The highest BCUT2D eigenvalue weighted by atomic mass is 16.1. The van der Waals surface area contributed by atoms with E-state index >= 15 is 0 Å². The summed E-state index contributed by atoms with van der Waals surface area (Å²) in [5.74, 6) is 0. The number of nitrogens with one attached hydrogen (secondary N) is 1. The minimum absolute atomic E-state index is 0.178. The first-order chi connectivity index (χ1) is 8.34. The van der Waals surface area contributed by atoms with Crippen LogP contribution in [0.2, 0.25) is 0 Å². The number of para-hydroxylation sites is 1. The lowest BCUT2D eigenvalue weighted by Gasteiger charge is -2.01. The highest BCUT2D eigenvalue weighted by molar-refractivity contribution is 5.81. The van der Waals surface area contributed by atoms with Gasteiger partial charge in [-0.15, -0.1) is 0 Å². The summed E-state index contributed by atoms with van der Waals surface area (Å²) in [6.45, 7) is 0. The summed E-state index contributed by atoms with van der Waals surface area (Å²) in [6.07, 6.45) is 2.89. The second-order valence-corrected chi connectivity index (χ2v) is 3.68. The van der Waals surface area contributed by atoms with Crippen LogP contribution in [0.25, 0.3) is 22.2 Å². The van der Waals surface area contributed by atoms with E-state index in [2.05, 4.69) is 15.0 Å². The van der Waals surface area contributed by atoms with Crippen LogP contribution in [0.1, 0.15) is 0 Å². The van der Waals surface area contributed by atoms with Crippen molar-refractivity contribution in [2.24, 2.45) is 0 Å². The highest BCUT2D eigenvalue weighted by Gasteiger charge is 2.05. The molecule has 0 unspecified atom stereocenters. The van der Waals surface area contributed by atoms with E-state index in [0.717, 1.165) is 10.9 Å². The molecule has 0 aliphatic heterocycles. The number of hydrogen-bond donors (Lipinski definition) is 1. The first kappa shape index (κ1) is 9.72. The average Bonchev–Trinajstić information content (AvgIpc) is 2.39. The van der Waals surface area contributed by atoms with E-state index < -0.39 is 0 Å². The van der Waals surface area contributed by atoms with Gasteiger partial charge in [0.15, 0.2) is 0 Å². The van der Waals surface area contributed by atoms with E-state index in [1.807, 2.05) is 36.4 Å². The SMILES string of the molecule is O=c1[nH]cncc1-c1ccc2ccccc2n1. The quantitative estimate of drug-likeness (QED) is 0.686. The maximum Gasteiger partial charge on any atom is 0.260 e. The maximum absolute atomic E-state index is 11.6. The Morgan fingerprint density at radius 2 is 1.94 bits per heavy atom. The van der Waals surface area contributed by atoms with Gasteiger partial charge in [-0.3, -0.25) is 4.79 Å². The summed E-state index contributed by atoms with van der Waals surface area (Å²) in [5.41, 5.74) is 1.81. The molecule has 0 aliphatic rings. The minimum Gasteiger partial charge on any atom is -0.313 e. The molecule has 0 saturated heterocycles. The molecule has 0 amide bonds. The van der Waals surface area contributed by atoms with E-state index in [1.54, 1.807) is 0 Å². The number of fused-ring (bicyclic) bond motifs is 1. The number of benzene rings is 1. The zero-order valence-electron chi connectivity index (χ0n) is 8.92. The molecule has 82 valence electrons. The van der Waals surface area contributed by atoms with Gasteiger partial charge in [-0.25, -0.2) is 9.97 Å². The van der Waals surface area contributed by atoms with Crippen LogP contribution in [0, 0.1) is 0 Å². The molecule has 17 heavy (non-hydrogen) atoms. The first-order valence-electron chi connectivity index (χ1n) is 5.23. The van der Waals surface area contributed by atoms with E-state index in [1.165, 1.54) is 12.5 Å². The molecule has 1 N–H and O–H groups in total. The smallest absolute Gasteiger partial charge is 0.260 e. The number of aromatic amines is 1. The number of aromatic nitrogens is 3. The van der Waals surface area contributed by atoms with Crippen molar-refractivity contribution < 1.29 is 0 Å². The number of pyridine rings is 1. The van der Waals surface area contributed by atoms with Gasteiger partial charge in [-0.1, -0.05) is 24.3 Å². The van der Waals surface area contributed by atoms with E-state index in [0.29, 0.717) is 11.3 Å². The predicted molar refractivity (Wildman–Crippen MR) is 65.6 cm³/mol. The number of nitrogens with zero attached hydrogens (tertiary/aromatic N) is 2.